The second-order valence-corrected chi connectivity index (χ2v) is 8.05. The van der Waals surface area contributed by atoms with Crippen molar-refractivity contribution in [3.63, 3.8) is 0 Å². The van der Waals surface area contributed by atoms with E-state index in [0.717, 1.165) is 49.0 Å². The van der Waals surface area contributed by atoms with Gasteiger partial charge >= 0.3 is 0 Å². The molecule has 32 heavy (non-hydrogen) atoms. The number of rotatable bonds is 9. The summed E-state index contributed by atoms with van der Waals surface area (Å²) in [5, 5.41) is 20.7. The summed E-state index contributed by atoms with van der Waals surface area (Å²) in [4.78, 5) is 13.5. The summed E-state index contributed by atoms with van der Waals surface area (Å²) < 4.78 is 10.8. The van der Waals surface area contributed by atoms with E-state index < -0.39 is 0 Å². The number of nitrogens with zero attached hydrogens (tertiary/aromatic N) is 4. The number of aromatic hydroxyl groups is 1. The van der Waals surface area contributed by atoms with Crippen LogP contribution in [0.25, 0.3) is 10.9 Å². The first kappa shape index (κ1) is 22.5. The molecule has 1 aliphatic rings. The molecule has 2 aromatic carbocycles. The van der Waals surface area contributed by atoms with E-state index in [1.54, 1.807) is 18.5 Å². The molecule has 0 aliphatic carbocycles. The molecule has 4 rings (SSSR count). The van der Waals surface area contributed by atoms with E-state index in [9.17, 15) is 5.11 Å². The van der Waals surface area contributed by atoms with Crippen molar-refractivity contribution in [2.45, 2.75) is 6.54 Å². The fourth-order valence-electron chi connectivity index (χ4n) is 3.81. The average molecular weight is 459 g/mol. The molecule has 1 saturated heterocycles. The summed E-state index contributed by atoms with van der Waals surface area (Å²) in [6.45, 7) is 5.15. The largest absolute Gasteiger partial charge is 0.504 e. The number of benzene rings is 2. The van der Waals surface area contributed by atoms with Crippen LogP contribution in [0.2, 0.25) is 5.02 Å². The molecule has 1 aliphatic heterocycles. The molecule has 0 saturated carbocycles. The zero-order chi connectivity index (χ0) is 22.3. The molecule has 8 nitrogen and oxygen atoms in total. The second-order valence-electron chi connectivity index (χ2n) is 7.61. The van der Waals surface area contributed by atoms with Crippen molar-refractivity contribution >= 4 is 28.3 Å². The molecule has 0 unspecified atom stereocenters. The van der Waals surface area contributed by atoms with E-state index in [0.29, 0.717) is 17.9 Å². The zero-order valence-corrected chi connectivity index (χ0v) is 18.5. The van der Waals surface area contributed by atoms with Gasteiger partial charge in [-0.25, -0.2) is 9.97 Å². The minimum absolute atomic E-state index is 0.0320. The maximum absolute atomic E-state index is 10.5. The van der Waals surface area contributed by atoms with Gasteiger partial charge in [0, 0.05) is 49.2 Å². The normalized spacial score (nSPS) is 14.8. The molecule has 2 heterocycles. The van der Waals surface area contributed by atoms with Crippen molar-refractivity contribution < 1.29 is 19.7 Å². The van der Waals surface area contributed by atoms with Gasteiger partial charge in [0.25, 0.3) is 0 Å². The topological polar surface area (TPSA) is 91.2 Å². The van der Waals surface area contributed by atoms with Crippen LogP contribution >= 0.6 is 11.6 Å². The molecule has 2 N–H and O–H groups in total. The van der Waals surface area contributed by atoms with E-state index in [-0.39, 0.29) is 25.6 Å². The van der Waals surface area contributed by atoms with Crippen LogP contribution in [-0.4, -0.2) is 77.7 Å². The Morgan fingerprint density at radius 3 is 2.62 bits per heavy atom. The van der Waals surface area contributed by atoms with Crippen LogP contribution in [-0.2, 0) is 11.3 Å². The third-order valence-electron chi connectivity index (χ3n) is 5.38. The molecule has 0 bridgehead atoms. The smallest absolute Gasteiger partial charge is 0.163 e. The minimum Gasteiger partial charge on any atom is -0.504 e. The lowest BCUT2D eigenvalue weighted by molar-refractivity contribution is 0.0699. The van der Waals surface area contributed by atoms with Crippen molar-refractivity contribution in [1.29, 1.82) is 0 Å². The number of aromatic nitrogens is 2. The monoisotopic (exact) mass is 458 g/mol. The summed E-state index contributed by atoms with van der Waals surface area (Å²) in [6, 6.07) is 11.3. The van der Waals surface area contributed by atoms with Crippen LogP contribution in [0.5, 0.6) is 11.5 Å². The van der Waals surface area contributed by atoms with Crippen molar-refractivity contribution in [3.8, 4) is 11.5 Å². The van der Waals surface area contributed by atoms with Crippen LogP contribution in [0, 0.1) is 0 Å². The predicted molar refractivity (Wildman–Crippen MR) is 124 cm³/mol. The summed E-state index contributed by atoms with van der Waals surface area (Å²) in [7, 11) is 0. The van der Waals surface area contributed by atoms with Crippen LogP contribution in [0.1, 0.15) is 5.56 Å². The van der Waals surface area contributed by atoms with E-state index in [1.165, 1.54) is 5.56 Å². The first-order valence-electron chi connectivity index (χ1n) is 10.6. The van der Waals surface area contributed by atoms with E-state index in [2.05, 4.69) is 25.8 Å². The molecule has 3 aromatic rings. The molecule has 170 valence electrons. The number of aliphatic hydroxyl groups excluding tert-OH is 1. The first-order valence-corrected chi connectivity index (χ1v) is 11.0. The van der Waals surface area contributed by atoms with Crippen molar-refractivity contribution in [2.24, 2.45) is 0 Å². The number of anilines is 1. The van der Waals surface area contributed by atoms with Gasteiger partial charge in [0.15, 0.2) is 11.5 Å². The Bertz CT molecular complexity index is 1040. The molecule has 0 spiro atoms. The highest BCUT2D eigenvalue weighted by Gasteiger charge is 2.21. The highest BCUT2D eigenvalue weighted by atomic mass is 35.5. The zero-order valence-electron chi connectivity index (χ0n) is 17.8. The second kappa shape index (κ2) is 10.8. The summed E-state index contributed by atoms with van der Waals surface area (Å²) in [5.74, 6) is 1.20. The average Bonchev–Trinajstić information content (AvgIpc) is 2.79. The lowest BCUT2D eigenvalue weighted by Crippen LogP contribution is -2.46. The molecular formula is C23H27ClN4O4. The maximum atomic E-state index is 10.5. The van der Waals surface area contributed by atoms with Gasteiger partial charge in [-0.2, -0.15) is 0 Å². The number of hydrogen-bond donors (Lipinski definition) is 2. The van der Waals surface area contributed by atoms with Gasteiger partial charge in [-0.05, 0) is 23.8 Å². The first-order chi connectivity index (χ1) is 15.6. The Labute approximate surface area is 192 Å². The van der Waals surface area contributed by atoms with Crippen molar-refractivity contribution in [1.82, 2.24) is 14.9 Å². The van der Waals surface area contributed by atoms with Crippen LogP contribution in [0.4, 0.5) is 5.82 Å². The van der Waals surface area contributed by atoms with Gasteiger partial charge < -0.3 is 24.6 Å². The number of piperazine rings is 1. The summed E-state index contributed by atoms with van der Waals surface area (Å²) >= 11 is 6.11. The Balaban J connectivity index is 1.41. The lowest BCUT2D eigenvalue weighted by Gasteiger charge is -2.35. The fourth-order valence-corrected chi connectivity index (χ4v) is 4.03. The van der Waals surface area contributed by atoms with E-state index in [1.807, 2.05) is 18.2 Å². The number of ether oxygens (including phenoxy) is 2. The van der Waals surface area contributed by atoms with Crippen molar-refractivity contribution in [3.05, 3.63) is 53.3 Å². The van der Waals surface area contributed by atoms with Gasteiger partial charge in [0.1, 0.15) is 18.8 Å². The number of hydrogen-bond acceptors (Lipinski definition) is 8. The quantitative estimate of drug-likeness (QED) is 0.473. The number of aliphatic hydroxyl groups is 1. The fraction of sp³-hybridized carbons (Fsp3) is 0.391. The standard InChI is InChI=1S/C23H27ClN4O4/c24-18-3-1-2-17(12-18)15-27-4-6-28(7-5-27)23-19-13-21(30)22(14-20(19)25-16-26-23)32-11-10-31-9-8-29/h1-3,12-14,16,29-30H,4-11,15H2. The highest BCUT2D eigenvalue weighted by Crippen LogP contribution is 2.34. The third kappa shape index (κ3) is 5.58. The molecule has 9 heteroatoms. The van der Waals surface area contributed by atoms with E-state index >= 15 is 0 Å². The van der Waals surface area contributed by atoms with Crippen molar-refractivity contribution in [2.75, 3.05) is 57.5 Å². The van der Waals surface area contributed by atoms with Gasteiger partial charge in [-0.1, -0.05) is 23.7 Å². The van der Waals surface area contributed by atoms with Crippen LogP contribution < -0.4 is 9.64 Å². The summed E-state index contributed by atoms with van der Waals surface area (Å²) in [5.41, 5.74) is 1.91. The van der Waals surface area contributed by atoms with Crippen LogP contribution in [0.15, 0.2) is 42.7 Å². The van der Waals surface area contributed by atoms with E-state index in [4.69, 9.17) is 26.2 Å². The molecule has 0 atom stereocenters. The summed E-state index contributed by atoms with van der Waals surface area (Å²) in [6.07, 6.45) is 1.54. The Hall–Kier alpha value is -2.65. The SMILES string of the molecule is OCCOCCOc1cc2ncnc(N3CCN(Cc4cccc(Cl)c4)CC3)c2cc1O. The Morgan fingerprint density at radius 2 is 1.84 bits per heavy atom. The molecular weight excluding hydrogens is 432 g/mol. The lowest BCUT2D eigenvalue weighted by atomic mass is 10.1. The Kier molecular flexibility index (Phi) is 7.59. The van der Waals surface area contributed by atoms with Crippen LogP contribution in [0.3, 0.4) is 0 Å². The predicted octanol–water partition coefficient (Wildman–Crippen LogP) is 2.70. The third-order valence-corrected chi connectivity index (χ3v) is 5.62. The Morgan fingerprint density at radius 1 is 1.00 bits per heavy atom. The van der Waals surface area contributed by atoms with Gasteiger partial charge in [0.2, 0.25) is 0 Å². The van der Waals surface area contributed by atoms with Gasteiger partial charge in [-0.3, -0.25) is 4.90 Å². The molecule has 1 aromatic heterocycles. The minimum atomic E-state index is -0.0320. The highest BCUT2D eigenvalue weighted by molar-refractivity contribution is 6.30. The van der Waals surface area contributed by atoms with Gasteiger partial charge in [0.05, 0.1) is 25.3 Å². The molecule has 1 fully saturated rings. The number of fused-ring (bicyclic) bond motifs is 1. The molecule has 0 amide bonds. The number of phenolic OH excluding ortho intramolecular Hbond substituents is 1. The maximum Gasteiger partial charge on any atom is 0.163 e. The molecule has 0 radical (unpaired) electrons. The number of halogens is 1. The van der Waals surface area contributed by atoms with Gasteiger partial charge in [-0.15, -0.1) is 0 Å². The number of phenols is 1.